The van der Waals surface area contributed by atoms with Gasteiger partial charge in [-0.25, -0.2) is 0 Å². The Morgan fingerprint density at radius 3 is 2.06 bits per heavy atom. The van der Waals surface area contributed by atoms with E-state index in [-0.39, 0.29) is 5.69 Å². The maximum Gasteiger partial charge on any atom is 0.423 e. The molecule has 0 radical (unpaired) electrons. The Labute approximate surface area is 106 Å². The molecule has 0 amide bonds. The molecule has 0 fully saturated rings. The first-order valence-corrected chi connectivity index (χ1v) is 5.25. The van der Waals surface area contributed by atoms with Crippen LogP contribution in [0.2, 0.25) is 0 Å². The fourth-order valence-electron chi connectivity index (χ4n) is 1.04. The molecule has 1 aromatic heterocycles. The van der Waals surface area contributed by atoms with Crippen LogP contribution in [0.3, 0.4) is 0 Å². The molecular weight excluding hydrogens is 332 g/mol. The Bertz CT molecular complexity index is 374. The van der Waals surface area contributed by atoms with Crippen molar-refractivity contribution < 1.29 is 31.1 Å². The van der Waals surface area contributed by atoms with E-state index in [2.05, 4.69) is 25.7 Å². The van der Waals surface area contributed by atoms with Gasteiger partial charge in [0.15, 0.2) is 0 Å². The molecular formula is C9H6BrF6NO. The molecule has 0 atom stereocenters. The van der Waals surface area contributed by atoms with Gasteiger partial charge in [0.25, 0.3) is 0 Å². The second-order valence-electron chi connectivity index (χ2n) is 3.24. The Kier molecular flexibility index (Phi) is 4.60. The van der Waals surface area contributed by atoms with Gasteiger partial charge in [0.2, 0.25) is 6.10 Å². The maximum atomic E-state index is 12.1. The number of nitrogens with zero attached hydrogens (tertiary/aromatic N) is 1. The van der Waals surface area contributed by atoms with Crippen LogP contribution in [0.5, 0.6) is 0 Å². The minimum absolute atomic E-state index is 0.0308. The predicted molar refractivity (Wildman–Crippen MR) is 52.6 cm³/mol. The van der Waals surface area contributed by atoms with E-state index in [1.54, 1.807) is 0 Å². The molecule has 0 aliphatic rings. The molecule has 0 aromatic carbocycles. The minimum Gasteiger partial charge on any atom is -0.354 e. The topological polar surface area (TPSA) is 22.1 Å². The van der Waals surface area contributed by atoms with Crippen molar-refractivity contribution in [3.8, 4) is 0 Å². The SMILES string of the molecule is FC(F)(F)C(OCc1ccc(Br)cn1)C(F)(F)F. The summed E-state index contributed by atoms with van der Waals surface area (Å²) in [5.74, 6) is 0. The first-order valence-electron chi connectivity index (χ1n) is 4.46. The lowest BCUT2D eigenvalue weighted by molar-refractivity contribution is -0.324. The number of aromatic nitrogens is 1. The highest BCUT2D eigenvalue weighted by Gasteiger charge is 2.57. The number of rotatable bonds is 3. The number of pyridine rings is 1. The molecule has 9 heteroatoms. The smallest absolute Gasteiger partial charge is 0.354 e. The molecule has 0 saturated carbocycles. The highest BCUT2D eigenvalue weighted by molar-refractivity contribution is 9.10. The fraction of sp³-hybridized carbons (Fsp3) is 0.444. The van der Waals surface area contributed by atoms with E-state index in [0.717, 1.165) is 0 Å². The van der Waals surface area contributed by atoms with E-state index in [9.17, 15) is 26.3 Å². The van der Waals surface area contributed by atoms with Crippen molar-refractivity contribution in [3.63, 3.8) is 0 Å². The number of halogens is 7. The number of ether oxygens (including phenoxy) is 1. The molecule has 1 aromatic rings. The molecule has 0 bridgehead atoms. The Hall–Kier alpha value is -0.830. The van der Waals surface area contributed by atoms with E-state index < -0.39 is 25.1 Å². The maximum absolute atomic E-state index is 12.1. The summed E-state index contributed by atoms with van der Waals surface area (Å²) in [6.45, 7) is -0.878. The molecule has 18 heavy (non-hydrogen) atoms. The molecule has 1 rings (SSSR count). The Morgan fingerprint density at radius 2 is 1.67 bits per heavy atom. The van der Waals surface area contributed by atoms with Gasteiger partial charge in [-0.05, 0) is 28.1 Å². The van der Waals surface area contributed by atoms with Crippen LogP contribution in [0.25, 0.3) is 0 Å². The van der Waals surface area contributed by atoms with E-state index in [0.29, 0.717) is 4.47 Å². The summed E-state index contributed by atoms with van der Waals surface area (Å²) in [4.78, 5) is 3.61. The number of alkyl halides is 6. The third-order valence-corrected chi connectivity index (χ3v) is 2.25. The first kappa shape index (κ1) is 15.2. The number of hydrogen-bond acceptors (Lipinski definition) is 2. The summed E-state index contributed by atoms with van der Waals surface area (Å²) in [5, 5.41) is 0. The van der Waals surface area contributed by atoms with E-state index in [1.807, 2.05) is 0 Å². The van der Waals surface area contributed by atoms with Gasteiger partial charge in [0.05, 0.1) is 12.3 Å². The first-order chi connectivity index (χ1) is 8.10. The molecule has 2 nitrogen and oxygen atoms in total. The van der Waals surface area contributed by atoms with Gasteiger partial charge in [0, 0.05) is 10.7 Å². The summed E-state index contributed by atoms with van der Waals surface area (Å²) in [6.07, 6.45) is -13.6. The highest BCUT2D eigenvalue weighted by atomic mass is 79.9. The zero-order valence-electron chi connectivity index (χ0n) is 8.52. The van der Waals surface area contributed by atoms with Crippen molar-refractivity contribution in [3.05, 3.63) is 28.5 Å². The van der Waals surface area contributed by atoms with Gasteiger partial charge >= 0.3 is 12.4 Å². The van der Waals surface area contributed by atoms with Gasteiger partial charge in [-0.3, -0.25) is 4.98 Å². The molecule has 1 heterocycles. The normalized spacial score (nSPS) is 13.1. The molecule has 0 saturated heterocycles. The lowest BCUT2D eigenvalue weighted by Crippen LogP contribution is -2.44. The van der Waals surface area contributed by atoms with E-state index in [1.165, 1.54) is 18.3 Å². The van der Waals surface area contributed by atoms with Gasteiger partial charge in [-0.1, -0.05) is 0 Å². The van der Waals surface area contributed by atoms with Crippen molar-refractivity contribution in [2.75, 3.05) is 0 Å². The Morgan fingerprint density at radius 1 is 1.11 bits per heavy atom. The average Bonchev–Trinajstić information content (AvgIpc) is 2.17. The third-order valence-electron chi connectivity index (χ3n) is 1.78. The molecule has 0 aliphatic carbocycles. The van der Waals surface area contributed by atoms with Crippen LogP contribution in [-0.2, 0) is 11.3 Å². The Balaban J connectivity index is 2.72. The number of hydrogen-bond donors (Lipinski definition) is 0. The van der Waals surface area contributed by atoms with Crippen molar-refractivity contribution >= 4 is 15.9 Å². The van der Waals surface area contributed by atoms with Crippen LogP contribution in [-0.4, -0.2) is 23.4 Å². The second-order valence-corrected chi connectivity index (χ2v) is 4.16. The van der Waals surface area contributed by atoms with Gasteiger partial charge in [-0.15, -0.1) is 0 Å². The molecule has 0 N–H and O–H groups in total. The van der Waals surface area contributed by atoms with Gasteiger partial charge < -0.3 is 4.74 Å². The van der Waals surface area contributed by atoms with Crippen molar-refractivity contribution in [1.29, 1.82) is 0 Å². The van der Waals surface area contributed by atoms with Gasteiger partial charge in [-0.2, -0.15) is 26.3 Å². The monoisotopic (exact) mass is 337 g/mol. The van der Waals surface area contributed by atoms with Gasteiger partial charge in [0.1, 0.15) is 0 Å². The summed E-state index contributed by atoms with van der Waals surface area (Å²) in [5.41, 5.74) is -0.0308. The third kappa shape index (κ3) is 4.45. The molecule has 0 aliphatic heterocycles. The van der Waals surface area contributed by atoms with Crippen LogP contribution in [0.4, 0.5) is 26.3 Å². The zero-order valence-corrected chi connectivity index (χ0v) is 10.1. The predicted octanol–water partition coefficient (Wildman–Crippen LogP) is 3.85. The fourth-order valence-corrected chi connectivity index (χ4v) is 1.27. The zero-order chi connectivity index (χ0) is 14.0. The second kappa shape index (κ2) is 5.43. The quantitative estimate of drug-likeness (QED) is 0.781. The van der Waals surface area contributed by atoms with Crippen LogP contribution < -0.4 is 0 Å². The van der Waals surface area contributed by atoms with Crippen molar-refractivity contribution in [2.24, 2.45) is 0 Å². The van der Waals surface area contributed by atoms with Crippen LogP contribution in [0, 0.1) is 0 Å². The average molecular weight is 338 g/mol. The standard InChI is InChI=1S/C9H6BrF6NO/c10-5-1-2-6(17-3-5)4-18-7(8(11,12)13)9(14,15)16/h1-3,7H,4H2. The van der Waals surface area contributed by atoms with Crippen LogP contribution >= 0.6 is 15.9 Å². The lowest BCUT2D eigenvalue weighted by Gasteiger charge is -2.22. The lowest BCUT2D eigenvalue weighted by atomic mass is 10.3. The summed E-state index contributed by atoms with van der Waals surface area (Å²) in [7, 11) is 0. The van der Waals surface area contributed by atoms with E-state index >= 15 is 0 Å². The summed E-state index contributed by atoms with van der Waals surface area (Å²) < 4.78 is 77.1. The minimum atomic E-state index is -5.51. The molecule has 0 spiro atoms. The molecule has 102 valence electrons. The highest BCUT2D eigenvalue weighted by Crippen LogP contribution is 2.36. The largest absolute Gasteiger partial charge is 0.423 e. The molecule has 0 unspecified atom stereocenters. The van der Waals surface area contributed by atoms with E-state index in [4.69, 9.17) is 0 Å². The van der Waals surface area contributed by atoms with Crippen molar-refractivity contribution in [1.82, 2.24) is 4.98 Å². The van der Waals surface area contributed by atoms with Crippen LogP contribution in [0.1, 0.15) is 5.69 Å². The van der Waals surface area contributed by atoms with Crippen LogP contribution in [0.15, 0.2) is 22.8 Å². The summed E-state index contributed by atoms with van der Waals surface area (Å²) >= 11 is 3.03. The van der Waals surface area contributed by atoms with Crippen molar-refractivity contribution in [2.45, 2.75) is 25.1 Å². The summed E-state index contributed by atoms with van der Waals surface area (Å²) in [6, 6.07) is 2.69.